The number of likely N-dealkylation sites (N-methyl/N-ethyl adjacent to an activating group) is 1. The van der Waals surface area contributed by atoms with Crippen molar-refractivity contribution in [2.45, 2.75) is 38.8 Å². The van der Waals surface area contributed by atoms with E-state index in [2.05, 4.69) is 16.0 Å². The lowest BCUT2D eigenvalue weighted by Gasteiger charge is -2.23. The van der Waals surface area contributed by atoms with Gasteiger partial charge in [0, 0.05) is 13.6 Å². The van der Waals surface area contributed by atoms with Crippen molar-refractivity contribution in [3.05, 3.63) is 0 Å². The molecule has 4 amide bonds. The first-order chi connectivity index (χ1) is 9.83. The molecule has 0 fully saturated rings. The molecule has 9 heteroatoms. The lowest BCUT2D eigenvalue weighted by molar-refractivity contribution is -0.132. The number of carbonyl (C=O) groups is 3. The van der Waals surface area contributed by atoms with Crippen LogP contribution in [0.15, 0.2) is 0 Å². The highest BCUT2D eigenvalue weighted by molar-refractivity contribution is 5.89. The fraction of sp³-hybridized carbons (Fsp3) is 0.750. The largest absolute Gasteiger partial charge is 0.357 e. The fourth-order valence-corrected chi connectivity index (χ4v) is 1.73. The Morgan fingerprint density at radius 1 is 1.19 bits per heavy atom. The highest BCUT2D eigenvalue weighted by Crippen LogP contribution is 2.03. The zero-order valence-corrected chi connectivity index (χ0v) is 12.6. The van der Waals surface area contributed by atoms with Crippen molar-refractivity contribution in [3.8, 4) is 0 Å². The number of hydroxylamine groups is 1. The van der Waals surface area contributed by atoms with E-state index in [9.17, 15) is 14.4 Å². The Kier molecular flexibility index (Phi) is 9.06. The molecule has 7 N–H and O–H groups in total. The summed E-state index contributed by atoms with van der Waals surface area (Å²) >= 11 is 0. The first-order valence-electron chi connectivity index (χ1n) is 6.78. The molecule has 0 aliphatic heterocycles. The van der Waals surface area contributed by atoms with Crippen molar-refractivity contribution in [2.24, 2.45) is 11.7 Å². The van der Waals surface area contributed by atoms with Crippen molar-refractivity contribution < 1.29 is 19.6 Å². The van der Waals surface area contributed by atoms with Gasteiger partial charge in [-0.2, -0.15) is 5.48 Å². The number of amides is 4. The van der Waals surface area contributed by atoms with Gasteiger partial charge in [0.1, 0.15) is 12.1 Å². The van der Waals surface area contributed by atoms with Crippen LogP contribution < -0.4 is 27.2 Å². The van der Waals surface area contributed by atoms with E-state index in [1.165, 1.54) is 7.05 Å². The normalized spacial score (nSPS) is 13.4. The average Bonchev–Trinajstić information content (AvgIpc) is 2.41. The Morgan fingerprint density at radius 3 is 2.24 bits per heavy atom. The summed E-state index contributed by atoms with van der Waals surface area (Å²) in [7, 11) is 1.47. The minimum Gasteiger partial charge on any atom is -0.357 e. The predicted molar refractivity (Wildman–Crippen MR) is 76.4 cm³/mol. The zero-order valence-electron chi connectivity index (χ0n) is 12.6. The van der Waals surface area contributed by atoms with E-state index in [-0.39, 0.29) is 11.8 Å². The van der Waals surface area contributed by atoms with Crippen LogP contribution in [0.2, 0.25) is 0 Å². The molecule has 21 heavy (non-hydrogen) atoms. The summed E-state index contributed by atoms with van der Waals surface area (Å²) < 4.78 is 0. The van der Waals surface area contributed by atoms with Gasteiger partial charge in [0.2, 0.25) is 11.8 Å². The second kappa shape index (κ2) is 9.94. The standard InChI is InChI=1S/C12H25N5O4/c1-7(2)9(17-21)11(19)16-8(10(18)14-3)5-4-6-15-12(13)20/h7-9,17,21H,4-6H2,1-3H3,(H,14,18)(H,16,19)(H3,13,15,20)/t8-,9-/m0/s1. The van der Waals surface area contributed by atoms with E-state index in [1.807, 2.05) is 5.48 Å². The quantitative estimate of drug-likeness (QED) is 0.231. The number of primary amides is 1. The minimum atomic E-state index is -0.805. The van der Waals surface area contributed by atoms with Crippen LogP contribution >= 0.6 is 0 Å². The minimum absolute atomic E-state index is 0.142. The first kappa shape index (κ1) is 19.1. The number of hydrogen-bond donors (Lipinski definition) is 6. The van der Waals surface area contributed by atoms with Gasteiger partial charge in [-0.05, 0) is 18.8 Å². The van der Waals surface area contributed by atoms with Crippen molar-refractivity contribution in [1.29, 1.82) is 0 Å². The van der Waals surface area contributed by atoms with Crippen LogP contribution in [-0.4, -0.2) is 48.7 Å². The van der Waals surface area contributed by atoms with Crippen LogP contribution in [-0.2, 0) is 9.59 Å². The van der Waals surface area contributed by atoms with E-state index in [1.54, 1.807) is 13.8 Å². The number of nitrogens with two attached hydrogens (primary N) is 1. The molecule has 122 valence electrons. The van der Waals surface area contributed by atoms with Crippen LogP contribution in [0.4, 0.5) is 4.79 Å². The predicted octanol–water partition coefficient (Wildman–Crippen LogP) is -1.33. The van der Waals surface area contributed by atoms with Crippen LogP contribution in [0, 0.1) is 5.92 Å². The number of carbonyl (C=O) groups excluding carboxylic acids is 3. The molecule has 0 aliphatic carbocycles. The molecule has 0 unspecified atom stereocenters. The van der Waals surface area contributed by atoms with Crippen molar-refractivity contribution in [3.63, 3.8) is 0 Å². The lowest BCUT2D eigenvalue weighted by atomic mass is 10.0. The molecule has 0 saturated carbocycles. The molecule has 0 heterocycles. The van der Waals surface area contributed by atoms with Crippen LogP contribution in [0.1, 0.15) is 26.7 Å². The summed E-state index contributed by atoms with van der Waals surface area (Å²) in [5, 5.41) is 16.4. The number of rotatable bonds is 9. The van der Waals surface area contributed by atoms with Crippen LogP contribution in [0.5, 0.6) is 0 Å². The maximum Gasteiger partial charge on any atom is 0.312 e. The third-order valence-electron chi connectivity index (χ3n) is 2.94. The zero-order chi connectivity index (χ0) is 16.4. The van der Waals surface area contributed by atoms with Crippen LogP contribution in [0.3, 0.4) is 0 Å². The second-order valence-electron chi connectivity index (χ2n) is 4.96. The van der Waals surface area contributed by atoms with Gasteiger partial charge in [0.25, 0.3) is 0 Å². The molecule has 9 nitrogen and oxygen atoms in total. The third kappa shape index (κ3) is 7.47. The van der Waals surface area contributed by atoms with E-state index >= 15 is 0 Å². The molecule has 0 aliphatic rings. The molecular weight excluding hydrogens is 278 g/mol. The van der Waals surface area contributed by atoms with Crippen molar-refractivity contribution in [1.82, 2.24) is 21.4 Å². The molecule has 0 rings (SSSR count). The smallest absolute Gasteiger partial charge is 0.312 e. The highest BCUT2D eigenvalue weighted by atomic mass is 16.5. The molecule has 0 bridgehead atoms. The van der Waals surface area contributed by atoms with Crippen molar-refractivity contribution in [2.75, 3.05) is 13.6 Å². The Morgan fingerprint density at radius 2 is 1.81 bits per heavy atom. The topological polar surface area (TPSA) is 146 Å². The highest BCUT2D eigenvalue weighted by Gasteiger charge is 2.26. The Bertz CT molecular complexity index is 362. The average molecular weight is 303 g/mol. The van der Waals surface area contributed by atoms with Gasteiger partial charge in [-0.25, -0.2) is 4.79 Å². The van der Waals surface area contributed by atoms with Crippen molar-refractivity contribution >= 4 is 17.8 Å². The second-order valence-corrected chi connectivity index (χ2v) is 4.96. The Balaban J connectivity index is 4.51. The van der Waals surface area contributed by atoms with Gasteiger partial charge in [-0.3, -0.25) is 9.59 Å². The van der Waals surface area contributed by atoms with Gasteiger partial charge >= 0.3 is 6.03 Å². The van der Waals surface area contributed by atoms with Gasteiger partial charge in [0.15, 0.2) is 0 Å². The summed E-state index contributed by atoms with van der Waals surface area (Å²) in [5.74, 6) is -0.955. The summed E-state index contributed by atoms with van der Waals surface area (Å²) in [6.45, 7) is 3.84. The molecule has 0 aromatic rings. The molecule has 2 atom stereocenters. The van der Waals surface area contributed by atoms with E-state index in [0.717, 1.165) is 0 Å². The molecule has 0 saturated heterocycles. The van der Waals surface area contributed by atoms with E-state index in [0.29, 0.717) is 19.4 Å². The molecule has 0 radical (unpaired) electrons. The first-order valence-corrected chi connectivity index (χ1v) is 6.78. The van der Waals surface area contributed by atoms with Gasteiger partial charge in [0.05, 0.1) is 0 Å². The fourth-order valence-electron chi connectivity index (χ4n) is 1.73. The van der Waals surface area contributed by atoms with Gasteiger partial charge in [-0.15, -0.1) is 0 Å². The maximum atomic E-state index is 12.0. The summed E-state index contributed by atoms with van der Waals surface area (Å²) in [5.41, 5.74) is 6.86. The third-order valence-corrected chi connectivity index (χ3v) is 2.94. The lowest BCUT2D eigenvalue weighted by Crippen LogP contribution is -2.53. The number of urea groups is 1. The monoisotopic (exact) mass is 303 g/mol. The van der Waals surface area contributed by atoms with E-state index < -0.39 is 24.0 Å². The van der Waals surface area contributed by atoms with Crippen LogP contribution in [0.25, 0.3) is 0 Å². The summed E-state index contributed by atoms with van der Waals surface area (Å²) in [4.78, 5) is 34.3. The summed E-state index contributed by atoms with van der Waals surface area (Å²) in [6, 6.07) is -2.19. The molecular formula is C12H25N5O4. The van der Waals surface area contributed by atoms with Gasteiger partial charge in [-0.1, -0.05) is 13.8 Å². The summed E-state index contributed by atoms with van der Waals surface area (Å²) in [6.07, 6.45) is 0.808. The maximum absolute atomic E-state index is 12.0. The van der Waals surface area contributed by atoms with E-state index in [4.69, 9.17) is 10.9 Å². The number of nitrogens with one attached hydrogen (secondary N) is 4. The number of hydrogen-bond acceptors (Lipinski definition) is 5. The molecule has 0 aromatic carbocycles. The molecule has 0 spiro atoms. The molecule has 0 aromatic heterocycles. The Hall–Kier alpha value is -1.87. The SMILES string of the molecule is CNC(=O)[C@H](CCCNC(N)=O)NC(=O)[C@@H](NO)C(C)C. The Labute approximate surface area is 124 Å². The van der Waals surface area contributed by atoms with Gasteiger partial charge < -0.3 is 26.9 Å².